The lowest BCUT2D eigenvalue weighted by Crippen LogP contribution is -2.52. The molecular formula is C33H37FN4O5. The second kappa shape index (κ2) is 10.8. The lowest BCUT2D eigenvalue weighted by molar-refractivity contribution is -0.123. The zero-order valence-corrected chi connectivity index (χ0v) is 24.4. The molecule has 10 heteroatoms. The Morgan fingerprint density at radius 1 is 1.07 bits per heavy atom. The Kier molecular flexibility index (Phi) is 7.30. The van der Waals surface area contributed by atoms with Gasteiger partial charge in [-0.1, -0.05) is 12.6 Å². The summed E-state index contributed by atoms with van der Waals surface area (Å²) in [6, 6.07) is 9.33. The van der Waals surface area contributed by atoms with Crippen molar-refractivity contribution in [2.75, 3.05) is 45.2 Å². The fraction of sp³-hybridized carbons (Fsp3) is 0.394. The van der Waals surface area contributed by atoms with E-state index in [2.05, 4.69) is 16.4 Å². The first kappa shape index (κ1) is 28.9. The highest BCUT2D eigenvalue weighted by Gasteiger charge is 2.53. The highest BCUT2D eigenvalue weighted by molar-refractivity contribution is 6.09. The smallest absolute Gasteiger partial charge is 0.252 e. The van der Waals surface area contributed by atoms with E-state index >= 15 is 0 Å². The fourth-order valence-electron chi connectivity index (χ4n) is 7.71. The third kappa shape index (κ3) is 4.78. The number of aliphatic hydroxyl groups is 2. The normalized spacial score (nSPS) is 26.0. The van der Waals surface area contributed by atoms with Crippen molar-refractivity contribution < 1.29 is 29.3 Å². The van der Waals surface area contributed by atoms with Crippen molar-refractivity contribution in [3.05, 3.63) is 88.0 Å². The Labute approximate surface area is 250 Å². The zero-order chi connectivity index (χ0) is 30.7. The number of hydrogen-bond donors (Lipinski definition) is 4. The topological polar surface area (TPSA) is 131 Å². The van der Waals surface area contributed by atoms with E-state index in [1.807, 2.05) is 6.07 Å². The summed E-state index contributed by atoms with van der Waals surface area (Å²) in [5, 5.41) is 33.5. The molecule has 0 spiro atoms. The van der Waals surface area contributed by atoms with Crippen molar-refractivity contribution in [3.8, 4) is 5.75 Å². The number of ketones is 1. The first-order chi connectivity index (χ1) is 20.5. The number of likely N-dealkylation sites (N-methyl/N-ethyl adjacent to an activating group) is 1. The van der Waals surface area contributed by atoms with Crippen molar-refractivity contribution in [2.24, 2.45) is 23.5 Å². The second-order valence-electron chi connectivity index (χ2n) is 12.3. The highest BCUT2D eigenvalue weighted by atomic mass is 19.1. The van der Waals surface area contributed by atoms with Crippen LogP contribution in [0.25, 0.3) is 5.76 Å². The minimum atomic E-state index is -0.851. The van der Waals surface area contributed by atoms with Crippen molar-refractivity contribution in [3.63, 3.8) is 0 Å². The highest BCUT2D eigenvalue weighted by Crippen LogP contribution is 2.52. The van der Waals surface area contributed by atoms with Gasteiger partial charge in [0.25, 0.3) is 5.91 Å². The average molecular weight is 589 g/mol. The van der Waals surface area contributed by atoms with Crippen LogP contribution in [0.1, 0.15) is 23.1 Å². The Morgan fingerprint density at radius 3 is 2.37 bits per heavy atom. The number of fused-ring (bicyclic) bond motifs is 3. The molecule has 1 saturated heterocycles. The Morgan fingerprint density at radius 2 is 1.74 bits per heavy atom. The fourth-order valence-corrected chi connectivity index (χ4v) is 7.71. The number of hydrogen-bond acceptors (Lipinski definition) is 8. The van der Waals surface area contributed by atoms with Crippen LogP contribution in [0.3, 0.4) is 0 Å². The van der Waals surface area contributed by atoms with Gasteiger partial charge in [0.05, 0.1) is 23.1 Å². The number of phenols is 1. The van der Waals surface area contributed by atoms with Crippen LogP contribution in [0.5, 0.6) is 5.75 Å². The van der Waals surface area contributed by atoms with Crippen molar-refractivity contribution >= 4 is 23.1 Å². The number of aromatic hydroxyl groups is 1. The van der Waals surface area contributed by atoms with Gasteiger partial charge >= 0.3 is 0 Å². The van der Waals surface area contributed by atoms with Crippen LogP contribution in [-0.2, 0) is 22.6 Å². The molecule has 6 rings (SSSR count). The number of primary amides is 1. The number of anilines is 1. The number of allylic oxidation sites excluding steroid dienone is 1. The number of aliphatic hydroxyl groups excluding tert-OH is 2. The molecule has 226 valence electrons. The predicted octanol–water partition coefficient (Wildman–Crippen LogP) is 3.30. The van der Waals surface area contributed by atoms with Crippen LogP contribution < -0.4 is 10.6 Å². The molecule has 1 heterocycles. The number of rotatable bonds is 5. The van der Waals surface area contributed by atoms with E-state index in [0.29, 0.717) is 19.4 Å². The minimum Gasteiger partial charge on any atom is -0.510 e. The summed E-state index contributed by atoms with van der Waals surface area (Å²) in [7, 11) is 3.56. The van der Waals surface area contributed by atoms with E-state index < -0.39 is 17.9 Å². The molecule has 2 fully saturated rings. The molecule has 5 N–H and O–H groups in total. The summed E-state index contributed by atoms with van der Waals surface area (Å²) in [6.45, 7) is 7.73. The van der Waals surface area contributed by atoms with Gasteiger partial charge in [0.2, 0.25) is 0 Å². The van der Waals surface area contributed by atoms with Gasteiger partial charge < -0.3 is 26.0 Å². The van der Waals surface area contributed by atoms with Crippen molar-refractivity contribution in [1.29, 1.82) is 0 Å². The summed E-state index contributed by atoms with van der Waals surface area (Å²) >= 11 is 0. The molecule has 2 aromatic rings. The summed E-state index contributed by atoms with van der Waals surface area (Å²) in [5.41, 5.74) is 8.91. The Hall–Kier alpha value is -4.15. The molecule has 1 aliphatic heterocycles. The number of piperazine rings is 1. The van der Waals surface area contributed by atoms with Gasteiger partial charge in [0.15, 0.2) is 5.78 Å². The molecule has 43 heavy (non-hydrogen) atoms. The quantitative estimate of drug-likeness (QED) is 0.419. The van der Waals surface area contributed by atoms with Crippen LogP contribution in [0.2, 0.25) is 0 Å². The monoisotopic (exact) mass is 588 g/mol. The largest absolute Gasteiger partial charge is 0.510 e. The number of phenolic OH excluding ortho intramolecular Hbond substituents is 1. The molecule has 9 nitrogen and oxygen atoms in total. The van der Waals surface area contributed by atoms with Gasteiger partial charge in [-0.3, -0.25) is 19.4 Å². The zero-order valence-electron chi connectivity index (χ0n) is 24.4. The molecule has 1 amide bonds. The maximum absolute atomic E-state index is 14.1. The molecular weight excluding hydrogens is 551 g/mol. The minimum absolute atomic E-state index is 0.0951. The van der Waals surface area contributed by atoms with Crippen LogP contribution in [0.15, 0.2) is 65.5 Å². The number of nitrogens with two attached hydrogens (primary N) is 1. The average Bonchev–Trinajstić information content (AvgIpc) is 2.94. The number of carbonyl (C=O) groups is 2. The van der Waals surface area contributed by atoms with E-state index in [9.17, 15) is 29.3 Å². The van der Waals surface area contributed by atoms with Crippen LogP contribution in [0.4, 0.5) is 10.1 Å². The number of halogens is 1. The predicted molar refractivity (Wildman–Crippen MR) is 161 cm³/mol. The third-order valence-electron chi connectivity index (χ3n) is 9.67. The summed E-state index contributed by atoms with van der Waals surface area (Å²) in [4.78, 5) is 32.7. The SMILES string of the molecule is C=C1C(C(N)=O)=C(O)[C@@H](N(C)C)C2CC3Cc4c(CN5CCN(c6ccc(F)cc6)CC5)ccc(O)c4C(O)=C3C(=O)C12. The van der Waals surface area contributed by atoms with E-state index in [4.69, 9.17) is 5.73 Å². The molecule has 0 bridgehead atoms. The van der Waals surface area contributed by atoms with Gasteiger partial charge in [-0.05, 0) is 85.8 Å². The Bertz CT molecular complexity index is 1570. The first-order valence-electron chi connectivity index (χ1n) is 14.6. The van der Waals surface area contributed by atoms with Crippen LogP contribution in [-0.4, -0.2) is 83.1 Å². The molecule has 4 aliphatic rings. The maximum atomic E-state index is 14.1. The molecule has 2 aromatic carbocycles. The van der Waals surface area contributed by atoms with Crippen LogP contribution in [0, 0.1) is 23.6 Å². The van der Waals surface area contributed by atoms with E-state index in [0.717, 1.165) is 43.0 Å². The number of carbonyl (C=O) groups excluding carboxylic acids is 2. The number of nitrogens with zero attached hydrogens (tertiary/aromatic N) is 3. The summed E-state index contributed by atoms with van der Waals surface area (Å²) < 4.78 is 13.4. The molecule has 0 radical (unpaired) electrons. The molecule has 3 aliphatic carbocycles. The number of benzene rings is 2. The second-order valence-corrected chi connectivity index (χ2v) is 12.3. The summed E-state index contributed by atoms with van der Waals surface area (Å²) in [6.07, 6.45) is 0.918. The lowest BCUT2D eigenvalue weighted by atomic mass is 9.58. The standard InChI is InChI=1S/C33H37FN4O5/c1-17-25-23(29(36(2)3)32(42)26(17)33(35)43)15-19-14-22-18(4-9-24(39)28(22)31(41)27(19)30(25)40)16-37-10-12-38(13-11-37)21-7-5-20(34)6-8-21/h4-9,19,23,25,29,39,41-42H,1,10-16H2,2-3H3,(H2,35,43)/t19?,23?,25?,29-/m0/s1. The Balaban J connectivity index is 1.30. The van der Waals surface area contributed by atoms with E-state index in [1.54, 1.807) is 37.2 Å². The molecule has 0 aromatic heterocycles. The maximum Gasteiger partial charge on any atom is 0.252 e. The van der Waals surface area contributed by atoms with E-state index in [1.165, 1.54) is 12.1 Å². The van der Waals surface area contributed by atoms with Gasteiger partial charge in [-0.15, -0.1) is 0 Å². The van der Waals surface area contributed by atoms with E-state index in [-0.39, 0.29) is 63.0 Å². The number of amides is 1. The van der Waals surface area contributed by atoms with Gasteiger partial charge in [0, 0.05) is 44.0 Å². The van der Waals surface area contributed by atoms with Crippen LogP contribution >= 0.6 is 0 Å². The van der Waals surface area contributed by atoms with Gasteiger partial charge in [-0.25, -0.2) is 4.39 Å². The molecule has 4 atom stereocenters. The van der Waals surface area contributed by atoms with Crippen molar-refractivity contribution in [2.45, 2.75) is 25.4 Å². The summed E-state index contributed by atoms with van der Waals surface area (Å²) in [5.74, 6) is -3.51. The molecule has 1 saturated carbocycles. The first-order valence-corrected chi connectivity index (χ1v) is 14.6. The van der Waals surface area contributed by atoms with Gasteiger partial charge in [0.1, 0.15) is 23.1 Å². The lowest BCUT2D eigenvalue weighted by Gasteiger charge is -2.47. The van der Waals surface area contributed by atoms with Crippen molar-refractivity contribution in [1.82, 2.24) is 9.80 Å². The molecule has 3 unspecified atom stereocenters. The third-order valence-corrected chi connectivity index (χ3v) is 9.67. The van der Waals surface area contributed by atoms with Gasteiger partial charge in [-0.2, -0.15) is 0 Å². The number of Topliss-reactive ketones (excluding diaryl/α,β-unsaturated/α-hetero) is 1.